The summed E-state index contributed by atoms with van der Waals surface area (Å²) in [5.41, 5.74) is 1.07. The van der Waals surface area contributed by atoms with E-state index in [0.29, 0.717) is 6.04 Å². The SMILES string of the molecule is CC1CCN(C(=O)C(c2ccncc2)N2CCNCC2C)CC1. The van der Waals surface area contributed by atoms with E-state index < -0.39 is 0 Å². The van der Waals surface area contributed by atoms with Gasteiger partial charge in [0.15, 0.2) is 0 Å². The van der Waals surface area contributed by atoms with E-state index in [-0.39, 0.29) is 11.9 Å². The molecule has 1 N–H and O–H groups in total. The molecule has 3 rings (SSSR count). The van der Waals surface area contributed by atoms with Gasteiger partial charge in [-0.25, -0.2) is 0 Å². The second kappa shape index (κ2) is 7.41. The lowest BCUT2D eigenvalue weighted by atomic mass is 9.96. The summed E-state index contributed by atoms with van der Waals surface area (Å²) in [4.78, 5) is 21.8. The highest BCUT2D eigenvalue weighted by Crippen LogP contribution is 2.28. The third kappa shape index (κ3) is 3.72. The molecule has 1 amide bonds. The largest absolute Gasteiger partial charge is 0.341 e. The number of piperazine rings is 1. The van der Waals surface area contributed by atoms with Crippen LogP contribution < -0.4 is 5.32 Å². The lowest BCUT2D eigenvalue weighted by Gasteiger charge is -2.42. The van der Waals surface area contributed by atoms with E-state index in [1.165, 1.54) is 0 Å². The maximum absolute atomic E-state index is 13.3. The quantitative estimate of drug-likeness (QED) is 0.922. The van der Waals surface area contributed by atoms with Crippen molar-refractivity contribution in [2.45, 2.75) is 38.8 Å². The molecule has 2 fully saturated rings. The smallest absolute Gasteiger partial charge is 0.244 e. The minimum absolute atomic E-state index is 0.177. The molecule has 2 atom stereocenters. The van der Waals surface area contributed by atoms with Crippen molar-refractivity contribution in [2.24, 2.45) is 5.92 Å². The van der Waals surface area contributed by atoms with E-state index in [1.54, 1.807) is 12.4 Å². The number of amides is 1. The first-order chi connectivity index (χ1) is 11.2. The third-order valence-corrected chi connectivity index (χ3v) is 5.24. The number of rotatable bonds is 3. The number of hydrogen-bond donors (Lipinski definition) is 1. The van der Waals surface area contributed by atoms with Gasteiger partial charge in [0.1, 0.15) is 6.04 Å². The average molecular weight is 316 g/mol. The molecule has 0 radical (unpaired) electrons. The summed E-state index contributed by atoms with van der Waals surface area (Å²) in [5.74, 6) is 0.994. The van der Waals surface area contributed by atoms with Gasteiger partial charge < -0.3 is 10.2 Å². The zero-order valence-electron chi connectivity index (χ0n) is 14.2. The van der Waals surface area contributed by atoms with Gasteiger partial charge in [0.2, 0.25) is 5.91 Å². The van der Waals surface area contributed by atoms with Crippen LogP contribution in [0.2, 0.25) is 0 Å². The Morgan fingerprint density at radius 3 is 2.57 bits per heavy atom. The van der Waals surface area contributed by atoms with Crippen LogP contribution in [-0.2, 0) is 4.79 Å². The second-order valence-electron chi connectivity index (χ2n) is 6.98. The van der Waals surface area contributed by atoms with Crippen LogP contribution in [-0.4, -0.2) is 59.5 Å². The molecule has 0 aromatic carbocycles. The van der Waals surface area contributed by atoms with Crippen molar-refractivity contribution in [1.29, 1.82) is 0 Å². The van der Waals surface area contributed by atoms with Gasteiger partial charge >= 0.3 is 0 Å². The molecule has 0 aliphatic carbocycles. The van der Waals surface area contributed by atoms with Crippen LogP contribution in [0.4, 0.5) is 0 Å². The van der Waals surface area contributed by atoms with E-state index in [2.05, 4.69) is 33.9 Å². The van der Waals surface area contributed by atoms with Crippen molar-refractivity contribution in [2.75, 3.05) is 32.7 Å². The van der Waals surface area contributed by atoms with Crippen molar-refractivity contribution in [3.8, 4) is 0 Å². The van der Waals surface area contributed by atoms with Crippen LogP contribution in [0.15, 0.2) is 24.5 Å². The molecule has 2 saturated heterocycles. The van der Waals surface area contributed by atoms with Crippen molar-refractivity contribution in [1.82, 2.24) is 20.1 Å². The van der Waals surface area contributed by atoms with Crippen LogP contribution in [0.5, 0.6) is 0 Å². The average Bonchev–Trinajstić information content (AvgIpc) is 2.58. The van der Waals surface area contributed by atoms with Gasteiger partial charge in [0, 0.05) is 51.2 Å². The highest BCUT2D eigenvalue weighted by molar-refractivity contribution is 5.83. The zero-order chi connectivity index (χ0) is 16.2. The molecule has 1 aromatic rings. The van der Waals surface area contributed by atoms with Crippen LogP contribution in [0.1, 0.15) is 38.3 Å². The molecule has 0 bridgehead atoms. The molecular weight excluding hydrogens is 288 g/mol. The molecule has 0 spiro atoms. The molecular formula is C18H28N4O. The topological polar surface area (TPSA) is 48.5 Å². The first-order valence-electron chi connectivity index (χ1n) is 8.82. The molecule has 2 aliphatic rings. The van der Waals surface area contributed by atoms with Crippen LogP contribution in [0.25, 0.3) is 0 Å². The number of nitrogens with zero attached hydrogens (tertiary/aromatic N) is 3. The van der Waals surface area contributed by atoms with Crippen molar-refractivity contribution < 1.29 is 4.79 Å². The molecule has 23 heavy (non-hydrogen) atoms. The van der Waals surface area contributed by atoms with E-state index in [9.17, 15) is 4.79 Å². The Labute approximate surface area is 139 Å². The number of nitrogens with one attached hydrogen (secondary N) is 1. The lowest BCUT2D eigenvalue weighted by molar-refractivity contribution is -0.140. The summed E-state index contributed by atoms with van der Waals surface area (Å²) in [5, 5.41) is 3.42. The molecule has 2 unspecified atom stereocenters. The number of carbonyl (C=O) groups excluding carboxylic acids is 1. The van der Waals surface area contributed by atoms with Gasteiger partial charge in [-0.2, -0.15) is 0 Å². The summed E-state index contributed by atoms with van der Waals surface area (Å²) in [6, 6.07) is 4.16. The van der Waals surface area contributed by atoms with Crippen molar-refractivity contribution >= 4 is 5.91 Å². The number of pyridine rings is 1. The number of likely N-dealkylation sites (tertiary alicyclic amines) is 1. The molecule has 5 heteroatoms. The minimum atomic E-state index is -0.177. The Morgan fingerprint density at radius 2 is 1.91 bits per heavy atom. The summed E-state index contributed by atoms with van der Waals surface area (Å²) in [7, 11) is 0. The number of aromatic nitrogens is 1. The Hall–Kier alpha value is -1.46. The van der Waals surface area contributed by atoms with Gasteiger partial charge in [-0.1, -0.05) is 6.92 Å². The summed E-state index contributed by atoms with van der Waals surface area (Å²) < 4.78 is 0. The van der Waals surface area contributed by atoms with E-state index in [1.807, 2.05) is 12.1 Å². The molecule has 0 saturated carbocycles. The van der Waals surface area contributed by atoms with Gasteiger partial charge in [-0.05, 0) is 43.4 Å². The van der Waals surface area contributed by atoms with Gasteiger partial charge in [-0.3, -0.25) is 14.7 Å². The normalized spacial score (nSPS) is 25.3. The Kier molecular flexibility index (Phi) is 5.28. The first-order valence-corrected chi connectivity index (χ1v) is 8.82. The van der Waals surface area contributed by atoms with E-state index in [0.717, 1.165) is 57.0 Å². The summed E-state index contributed by atoms with van der Waals surface area (Å²) >= 11 is 0. The van der Waals surface area contributed by atoms with E-state index in [4.69, 9.17) is 0 Å². The monoisotopic (exact) mass is 316 g/mol. The first kappa shape index (κ1) is 16.4. The molecule has 2 aliphatic heterocycles. The fourth-order valence-electron chi connectivity index (χ4n) is 3.66. The van der Waals surface area contributed by atoms with Crippen LogP contribution in [0, 0.1) is 5.92 Å². The predicted octanol–water partition coefficient (Wildman–Crippen LogP) is 1.67. The van der Waals surface area contributed by atoms with Crippen molar-refractivity contribution in [3.63, 3.8) is 0 Å². The summed E-state index contributed by atoms with van der Waals surface area (Å²) in [6.45, 7) is 9.04. The Balaban J connectivity index is 1.84. The fraction of sp³-hybridized carbons (Fsp3) is 0.667. The number of piperidine rings is 1. The maximum Gasteiger partial charge on any atom is 0.244 e. The maximum atomic E-state index is 13.3. The Bertz CT molecular complexity index is 513. The molecule has 5 nitrogen and oxygen atoms in total. The molecule has 126 valence electrons. The van der Waals surface area contributed by atoms with Gasteiger partial charge in [0.25, 0.3) is 0 Å². The highest BCUT2D eigenvalue weighted by Gasteiger charge is 2.35. The second-order valence-corrected chi connectivity index (χ2v) is 6.98. The number of carbonyl (C=O) groups is 1. The van der Waals surface area contributed by atoms with Crippen LogP contribution in [0.3, 0.4) is 0 Å². The zero-order valence-corrected chi connectivity index (χ0v) is 14.2. The standard InChI is InChI=1S/C18H28N4O/c1-14-5-10-21(11-6-14)18(23)17(16-3-7-19-8-4-16)22-12-9-20-13-15(22)2/h3-4,7-8,14-15,17,20H,5-6,9-13H2,1-2H3. The van der Waals surface area contributed by atoms with Crippen molar-refractivity contribution in [3.05, 3.63) is 30.1 Å². The fourth-order valence-corrected chi connectivity index (χ4v) is 3.66. The third-order valence-electron chi connectivity index (χ3n) is 5.24. The molecule has 1 aromatic heterocycles. The summed E-state index contributed by atoms with van der Waals surface area (Å²) in [6.07, 6.45) is 5.82. The van der Waals surface area contributed by atoms with Gasteiger partial charge in [0.05, 0.1) is 0 Å². The Morgan fingerprint density at radius 1 is 1.22 bits per heavy atom. The van der Waals surface area contributed by atoms with E-state index >= 15 is 0 Å². The lowest BCUT2D eigenvalue weighted by Crippen LogP contribution is -2.55. The molecule has 3 heterocycles. The number of hydrogen-bond acceptors (Lipinski definition) is 4. The predicted molar refractivity (Wildman–Crippen MR) is 91.0 cm³/mol. The minimum Gasteiger partial charge on any atom is -0.341 e. The highest BCUT2D eigenvalue weighted by atomic mass is 16.2. The van der Waals surface area contributed by atoms with Gasteiger partial charge in [-0.15, -0.1) is 0 Å². The van der Waals surface area contributed by atoms with Crippen LogP contribution >= 0.6 is 0 Å².